The van der Waals surface area contributed by atoms with Crippen molar-refractivity contribution in [3.05, 3.63) is 59.9 Å². The Labute approximate surface area is 139 Å². The van der Waals surface area contributed by atoms with Crippen LogP contribution in [0.2, 0.25) is 0 Å². The maximum Gasteiger partial charge on any atom is 0.471 e. The second-order valence-electron chi connectivity index (χ2n) is 5.23. The van der Waals surface area contributed by atoms with Gasteiger partial charge in [0, 0.05) is 12.6 Å². The van der Waals surface area contributed by atoms with E-state index >= 15 is 0 Å². The molecule has 1 amide bonds. The van der Waals surface area contributed by atoms with Crippen LogP contribution in [-0.2, 0) is 17.5 Å². The summed E-state index contributed by atoms with van der Waals surface area (Å²) in [6, 6.07) is 3.86. The van der Waals surface area contributed by atoms with Gasteiger partial charge in [-0.3, -0.25) is 4.79 Å². The highest BCUT2D eigenvalue weighted by Crippen LogP contribution is 2.30. The molecule has 9 heteroatoms. The van der Waals surface area contributed by atoms with Crippen molar-refractivity contribution in [1.82, 2.24) is 15.0 Å². The first-order chi connectivity index (χ1) is 11.8. The molecular weight excluding hydrogens is 342 g/mol. The van der Waals surface area contributed by atoms with E-state index in [1.807, 2.05) is 0 Å². The number of halogens is 4. The Bertz CT molecular complexity index is 855. The van der Waals surface area contributed by atoms with Crippen LogP contribution < -0.4 is 0 Å². The minimum Gasteiger partial charge on any atom is -0.329 e. The van der Waals surface area contributed by atoms with Crippen LogP contribution in [0.5, 0.6) is 0 Å². The van der Waals surface area contributed by atoms with Crippen molar-refractivity contribution in [3.8, 4) is 11.4 Å². The van der Waals surface area contributed by atoms with Gasteiger partial charge in [0.2, 0.25) is 11.7 Å². The van der Waals surface area contributed by atoms with E-state index in [0.29, 0.717) is 5.56 Å². The fourth-order valence-corrected chi connectivity index (χ4v) is 2.23. The average molecular weight is 353 g/mol. The Balaban J connectivity index is 1.81. The average Bonchev–Trinajstić information content (AvgIpc) is 2.95. The highest BCUT2D eigenvalue weighted by atomic mass is 19.4. The first-order valence-electron chi connectivity index (χ1n) is 7.17. The van der Waals surface area contributed by atoms with Gasteiger partial charge in [-0.25, -0.2) is 4.39 Å². The number of amides is 1. The van der Waals surface area contributed by atoms with Crippen LogP contribution in [0.1, 0.15) is 17.9 Å². The number of benzene rings is 1. The van der Waals surface area contributed by atoms with Gasteiger partial charge in [-0.1, -0.05) is 23.4 Å². The van der Waals surface area contributed by atoms with Crippen molar-refractivity contribution in [3.63, 3.8) is 0 Å². The van der Waals surface area contributed by atoms with Crippen LogP contribution in [0, 0.1) is 5.82 Å². The molecule has 0 radical (unpaired) electrons. The first kappa shape index (κ1) is 16.9. The standard InChI is InChI=1S/C16H11F4N3O2/c17-12-8-10(9-23-7-3-1-2-4-13(23)24)5-6-11(12)14-21-15(25-22-14)16(18,19)20/h1-3,5-8H,4,9H2. The monoisotopic (exact) mass is 353 g/mol. The maximum absolute atomic E-state index is 14.2. The van der Waals surface area contributed by atoms with E-state index in [9.17, 15) is 22.4 Å². The van der Waals surface area contributed by atoms with E-state index in [1.54, 1.807) is 24.4 Å². The predicted octanol–water partition coefficient (Wildman–Crippen LogP) is 3.70. The SMILES string of the molecule is O=C1CC=CC=CN1Cc1ccc(-c2noc(C(F)(F)F)n2)c(F)c1. The van der Waals surface area contributed by atoms with Crippen LogP contribution >= 0.6 is 0 Å². The molecule has 0 atom stereocenters. The molecule has 0 N–H and O–H groups in total. The summed E-state index contributed by atoms with van der Waals surface area (Å²) in [6.07, 6.45) is 2.14. The van der Waals surface area contributed by atoms with Gasteiger partial charge in [0.25, 0.3) is 0 Å². The molecule has 25 heavy (non-hydrogen) atoms. The van der Waals surface area contributed by atoms with Gasteiger partial charge < -0.3 is 9.42 Å². The van der Waals surface area contributed by atoms with Crippen molar-refractivity contribution in [2.45, 2.75) is 19.1 Å². The molecule has 0 bridgehead atoms. The van der Waals surface area contributed by atoms with Gasteiger partial charge in [0.1, 0.15) is 5.82 Å². The van der Waals surface area contributed by atoms with Crippen LogP contribution in [0.25, 0.3) is 11.4 Å². The topological polar surface area (TPSA) is 59.2 Å². The largest absolute Gasteiger partial charge is 0.471 e. The van der Waals surface area contributed by atoms with Gasteiger partial charge in [0.15, 0.2) is 0 Å². The lowest BCUT2D eigenvalue weighted by Crippen LogP contribution is -2.23. The van der Waals surface area contributed by atoms with E-state index in [2.05, 4.69) is 14.7 Å². The van der Waals surface area contributed by atoms with Crippen molar-refractivity contribution in [1.29, 1.82) is 0 Å². The van der Waals surface area contributed by atoms with Gasteiger partial charge in [-0.2, -0.15) is 18.2 Å². The van der Waals surface area contributed by atoms with Crippen LogP contribution in [0.3, 0.4) is 0 Å². The summed E-state index contributed by atoms with van der Waals surface area (Å²) >= 11 is 0. The quantitative estimate of drug-likeness (QED) is 0.790. The summed E-state index contributed by atoms with van der Waals surface area (Å²) in [5.41, 5.74) is 0.253. The Hall–Kier alpha value is -2.97. The lowest BCUT2D eigenvalue weighted by molar-refractivity contribution is -0.159. The Kier molecular flexibility index (Phi) is 4.39. The van der Waals surface area contributed by atoms with Gasteiger partial charge >= 0.3 is 12.1 Å². The first-order valence-corrected chi connectivity index (χ1v) is 7.17. The summed E-state index contributed by atoms with van der Waals surface area (Å²) < 4.78 is 55.8. The summed E-state index contributed by atoms with van der Waals surface area (Å²) in [7, 11) is 0. The van der Waals surface area contributed by atoms with Gasteiger partial charge in [-0.15, -0.1) is 0 Å². The number of carbonyl (C=O) groups excluding carboxylic acids is 1. The summed E-state index contributed by atoms with van der Waals surface area (Å²) in [6.45, 7) is 0.133. The lowest BCUT2D eigenvalue weighted by Gasteiger charge is -2.17. The van der Waals surface area contributed by atoms with Crippen molar-refractivity contribution in [2.24, 2.45) is 0 Å². The molecule has 130 valence electrons. The minimum absolute atomic E-state index is 0.133. The number of allylic oxidation sites excluding steroid dienone is 2. The molecule has 3 rings (SSSR count). The number of carbonyl (C=O) groups is 1. The molecule has 0 aliphatic carbocycles. The molecule has 2 aromatic rings. The van der Waals surface area contributed by atoms with Gasteiger partial charge in [0.05, 0.1) is 12.1 Å². The maximum atomic E-state index is 14.2. The number of hydrogen-bond donors (Lipinski definition) is 0. The van der Waals surface area contributed by atoms with E-state index in [0.717, 1.165) is 6.07 Å². The summed E-state index contributed by atoms with van der Waals surface area (Å²) in [4.78, 5) is 16.5. The molecule has 1 aliphatic rings. The molecule has 0 spiro atoms. The Morgan fingerprint density at radius 3 is 2.72 bits per heavy atom. The smallest absolute Gasteiger partial charge is 0.329 e. The predicted molar refractivity (Wildman–Crippen MR) is 78.1 cm³/mol. The fourth-order valence-electron chi connectivity index (χ4n) is 2.23. The fraction of sp³-hybridized carbons (Fsp3) is 0.188. The molecule has 1 aromatic carbocycles. The van der Waals surface area contributed by atoms with E-state index in [1.165, 1.54) is 17.0 Å². The second-order valence-corrected chi connectivity index (χ2v) is 5.23. The highest BCUT2D eigenvalue weighted by molar-refractivity contribution is 5.79. The molecule has 5 nitrogen and oxygen atoms in total. The normalized spacial score (nSPS) is 14.9. The lowest BCUT2D eigenvalue weighted by atomic mass is 10.1. The minimum atomic E-state index is -4.80. The van der Waals surface area contributed by atoms with Crippen LogP contribution in [0.4, 0.5) is 17.6 Å². The third kappa shape index (κ3) is 3.76. The van der Waals surface area contributed by atoms with E-state index in [4.69, 9.17) is 0 Å². The van der Waals surface area contributed by atoms with E-state index < -0.39 is 23.7 Å². The zero-order valence-electron chi connectivity index (χ0n) is 12.6. The van der Waals surface area contributed by atoms with Crippen LogP contribution in [0.15, 0.2) is 47.2 Å². The van der Waals surface area contributed by atoms with Gasteiger partial charge in [-0.05, 0) is 23.8 Å². The highest BCUT2D eigenvalue weighted by Gasteiger charge is 2.38. The molecule has 0 saturated heterocycles. The Morgan fingerprint density at radius 1 is 1.24 bits per heavy atom. The molecular formula is C16H11F4N3O2. The number of aromatic nitrogens is 2. The van der Waals surface area contributed by atoms with Crippen molar-refractivity contribution in [2.75, 3.05) is 0 Å². The molecule has 0 unspecified atom stereocenters. The van der Waals surface area contributed by atoms with E-state index in [-0.39, 0.29) is 24.4 Å². The van der Waals surface area contributed by atoms with Crippen LogP contribution in [-0.4, -0.2) is 20.9 Å². The molecule has 2 heterocycles. The van der Waals surface area contributed by atoms with Crippen molar-refractivity contribution < 1.29 is 26.9 Å². The zero-order valence-corrected chi connectivity index (χ0v) is 12.6. The number of rotatable bonds is 3. The number of hydrogen-bond acceptors (Lipinski definition) is 4. The molecule has 1 aromatic heterocycles. The second kappa shape index (κ2) is 6.50. The Morgan fingerprint density at radius 2 is 2.04 bits per heavy atom. The number of nitrogens with zero attached hydrogens (tertiary/aromatic N) is 3. The third-order valence-corrected chi connectivity index (χ3v) is 3.42. The van der Waals surface area contributed by atoms with Crippen molar-refractivity contribution >= 4 is 5.91 Å². The molecule has 0 fully saturated rings. The molecule has 0 saturated carbocycles. The zero-order chi connectivity index (χ0) is 18.0. The summed E-state index contributed by atoms with van der Waals surface area (Å²) in [5.74, 6) is -3.00. The number of alkyl halides is 3. The summed E-state index contributed by atoms with van der Waals surface area (Å²) in [5, 5.41) is 3.15. The third-order valence-electron chi connectivity index (χ3n) is 3.42. The molecule has 1 aliphatic heterocycles.